The van der Waals surface area contributed by atoms with Gasteiger partial charge in [0, 0.05) is 34.4 Å². The number of methoxy groups -OCH3 is 1. The van der Waals surface area contributed by atoms with Crippen molar-refractivity contribution in [3.63, 3.8) is 0 Å². The van der Waals surface area contributed by atoms with Gasteiger partial charge in [-0.2, -0.15) is 4.31 Å². The van der Waals surface area contributed by atoms with Gasteiger partial charge in [-0.15, -0.1) is 11.3 Å². The minimum Gasteiger partial charge on any atom is -0.465 e. The molecule has 2 heterocycles. The number of ether oxygens (including phenoxy) is 1. The van der Waals surface area contributed by atoms with E-state index in [-0.39, 0.29) is 29.1 Å². The van der Waals surface area contributed by atoms with Crippen LogP contribution in [0.2, 0.25) is 0 Å². The number of hydrogen-bond donors (Lipinski definition) is 1. The Bertz CT molecular complexity index is 1510. The summed E-state index contributed by atoms with van der Waals surface area (Å²) in [5.41, 5.74) is 3.03. The number of carbonyl (C=O) groups excluding carboxylic acids is 1. The number of aromatic nitrogens is 1. The molecule has 0 radical (unpaired) electrons. The van der Waals surface area contributed by atoms with Crippen LogP contribution in [0.1, 0.15) is 31.9 Å². The van der Waals surface area contributed by atoms with E-state index in [0.29, 0.717) is 5.56 Å². The van der Waals surface area contributed by atoms with Gasteiger partial charge < -0.3 is 9.72 Å². The van der Waals surface area contributed by atoms with Gasteiger partial charge in [-0.25, -0.2) is 13.2 Å². The van der Waals surface area contributed by atoms with Crippen LogP contribution in [0.5, 0.6) is 0 Å². The fourth-order valence-electron chi connectivity index (χ4n) is 3.86. The zero-order valence-electron chi connectivity index (χ0n) is 19.0. The Morgan fingerprint density at radius 3 is 2.44 bits per heavy atom. The lowest BCUT2D eigenvalue weighted by Gasteiger charge is -2.22. The molecule has 0 spiro atoms. The average Bonchev–Trinajstić information content (AvgIpc) is 3.32. The van der Waals surface area contributed by atoms with Crippen LogP contribution >= 0.6 is 11.3 Å². The Morgan fingerprint density at radius 1 is 1.06 bits per heavy atom. The highest BCUT2D eigenvalue weighted by Crippen LogP contribution is 2.24. The second kappa shape index (κ2) is 9.54. The molecule has 0 aliphatic heterocycles. The maximum atomic E-state index is 13.6. The van der Waals surface area contributed by atoms with Crippen LogP contribution in [-0.4, -0.2) is 30.8 Å². The van der Waals surface area contributed by atoms with Crippen molar-refractivity contribution in [1.29, 1.82) is 0 Å². The number of nitrogens with one attached hydrogen (secondary N) is 1. The predicted octanol–water partition coefficient (Wildman–Crippen LogP) is 4.38. The number of carbonyl (C=O) groups is 1. The minimum atomic E-state index is -3.98. The number of sulfonamides is 1. The van der Waals surface area contributed by atoms with Crippen LogP contribution in [0.3, 0.4) is 0 Å². The molecule has 0 atom stereocenters. The average molecular weight is 497 g/mol. The highest BCUT2D eigenvalue weighted by atomic mass is 32.2. The molecule has 0 saturated carbocycles. The summed E-state index contributed by atoms with van der Waals surface area (Å²) in [5, 5.41) is 2.75. The number of nitrogens with zero attached hydrogens (tertiary/aromatic N) is 1. The lowest BCUT2D eigenvalue weighted by molar-refractivity contribution is 0.0600. The molecule has 0 aliphatic carbocycles. The monoisotopic (exact) mass is 496 g/mol. The van der Waals surface area contributed by atoms with Crippen LogP contribution in [0.15, 0.2) is 69.7 Å². The summed E-state index contributed by atoms with van der Waals surface area (Å²) in [6, 6.07) is 15.0. The quantitative estimate of drug-likeness (QED) is 0.383. The Kier molecular flexibility index (Phi) is 6.70. The van der Waals surface area contributed by atoms with Crippen LogP contribution < -0.4 is 5.56 Å². The van der Waals surface area contributed by atoms with Crippen LogP contribution in [0.4, 0.5) is 0 Å². The SMILES string of the molecule is COC(=O)c1ccc(S(=O)(=O)N(Cc2cccs2)Cc2cc3c(C)cc(C)cc3[nH]c2=O)cc1. The number of fused-ring (bicyclic) bond motifs is 1. The number of rotatable bonds is 7. The van der Waals surface area contributed by atoms with Gasteiger partial charge in [0.25, 0.3) is 5.56 Å². The molecule has 0 fully saturated rings. The van der Waals surface area contributed by atoms with Gasteiger partial charge in [-0.3, -0.25) is 4.79 Å². The van der Waals surface area contributed by atoms with Crippen molar-refractivity contribution in [2.24, 2.45) is 0 Å². The summed E-state index contributed by atoms with van der Waals surface area (Å²) >= 11 is 1.44. The molecule has 34 heavy (non-hydrogen) atoms. The first-order valence-electron chi connectivity index (χ1n) is 10.5. The molecule has 4 aromatic rings. The highest BCUT2D eigenvalue weighted by Gasteiger charge is 2.27. The smallest absolute Gasteiger partial charge is 0.337 e. The predicted molar refractivity (Wildman–Crippen MR) is 133 cm³/mol. The van der Waals surface area contributed by atoms with E-state index in [1.807, 2.05) is 43.5 Å². The highest BCUT2D eigenvalue weighted by molar-refractivity contribution is 7.89. The van der Waals surface area contributed by atoms with Crippen molar-refractivity contribution in [3.8, 4) is 0 Å². The normalized spacial score (nSPS) is 11.8. The maximum Gasteiger partial charge on any atom is 0.337 e. The molecule has 4 rings (SSSR count). The van der Waals surface area contributed by atoms with E-state index in [4.69, 9.17) is 0 Å². The Morgan fingerprint density at radius 2 is 1.79 bits per heavy atom. The molecule has 0 unspecified atom stereocenters. The molecular weight excluding hydrogens is 472 g/mol. The molecule has 1 N–H and O–H groups in total. The molecule has 0 bridgehead atoms. The summed E-state index contributed by atoms with van der Waals surface area (Å²) in [6.07, 6.45) is 0. The summed E-state index contributed by atoms with van der Waals surface area (Å²) in [5.74, 6) is -0.548. The lowest BCUT2D eigenvalue weighted by Crippen LogP contribution is -2.32. The van der Waals surface area contributed by atoms with Gasteiger partial charge in [0.2, 0.25) is 10.0 Å². The number of H-pyrrole nitrogens is 1. The Balaban J connectivity index is 1.75. The number of benzene rings is 2. The fraction of sp³-hybridized carbons (Fsp3) is 0.200. The second-order valence-corrected chi connectivity index (χ2v) is 11.0. The number of pyridine rings is 1. The summed E-state index contributed by atoms with van der Waals surface area (Å²) < 4.78 is 33.2. The molecule has 176 valence electrons. The van der Waals surface area contributed by atoms with Gasteiger partial charge in [0.05, 0.1) is 17.6 Å². The molecule has 0 amide bonds. The van der Waals surface area contributed by atoms with E-state index in [1.165, 1.54) is 47.0 Å². The molecule has 0 aliphatic rings. The van der Waals surface area contributed by atoms with E-state index in [9.17, 15) is 18.0 Å². The van der Waals surface area contributed by atoms with E-state index in [0.717, 1.165) is 26.9 Å². The first kappa shape index (κ1) is 23.9. The molecule has 0 saturated heterocycles. The molecule has 9 heteroatoms. The van der Waals surface area contributed by atoms with Crippen molar-refractivity contribution in [2.45, 2.75) is 31.8 Å². The van der Waals surface area contributed by atoms with Crippen molar-refractivity contribution < 1.29 is 17.9 Å². The summed E-state index contributed by atoms with van der Waals surface area (Å²) in [4.78, 5) is 28.4. The number of hydrogen-bond acceptors (Lipinski definition) is 6. The number of aromatic amines is 1. The van der Waals surface area contributed by atoms with E-state index < -0.39 is 16.0 Å². The lowest BCUT2D eigenvalue weighted by atomic mass is 10.0. The Labute approximate surface area is 201 Å². The number of esters is 1. The summed E-state index contributed by atoms with van der Waals surface area (Å²) in [7, 11) is -2.71. The van der Waals surface area contributed by atoms with Crippen molar-refractivity contribution in [3.05, 3.63) is 97.5 Å². The van der Waals surface area contributed by atoms with E-state index in [1.54, 1.807) is 6.07 Å². The molecule has 2 aromatic heterocycles. The third-order valence-corrected chi connectivity index (χ3v) is 8.23. The third-order valence-electron chi connectivity index (χ3n) is 5.56. The van der Waals surface area contributed by atoms with Crippen LogP contribution in [-0.2, 0) is 27.8 Å². The Hall–Kier alpha value is -3.27. The van der Waals surface area contributed by atoms with Crippen molar-refractivity contribution in [2.75, 3.05) is 7.11 Å². The van der Waals surface area contributed by atoms with Crippen LogP contribution in [0.25, 0.3) is 10.9 Å². The molecular formula is C25H24N2O5S2. The maximum absolute atomic E-state index is 13.6. The third kappa shape index (κ3) is 4.82. The minimum absolute atomic E-state index is 0.0285. The van der Waals surface area contributed by atoms with Gasteiger partial charge in [0.1, 0.15) is 0 Å². The first-order valence-corrected chi connectivity index (χ1v) is 12.8. The van der Waals surface area contributed by atoms with Crippen molar-refractivity contribution >= 4 is 38.2 Å². The first-order chi connectivity index (χ1) is 16.2. The van der Waals surface area contributed by atoms with E-state index >= 15 is 0 Å². The second-order valence-electron chi connectivity index (χ2n) is 8.04. The van der Waals surface area contributed by atoms with Gasteiger partial charge >= 0.3 is 5.97 Å². The number of thiophene rings is 1. The van der Waals surface area contributed by atoms with Crippen molar-refractivity contribution in [1.82, 2.24) is 9.29 Å². The zero-order chi connectivity index (χ0) is 24.5. The number of aryl methyl sites for hydroxylation is 2. The summed E-state index contributed by atoms with van der Waals surface area (Å²) in [6.45, 7) is 3.93. The standard InChI is InChI=1S/C25H24N2O5S2/c1-16-11-17(2)22-13-19(24(28)26-23(22)12-16)14-27(15-20-5-4-10-33-20)34(30,31)21-8-6-18(7-9-21)25(29)32-3/h4-13H,14-15H2,1-3H3,(H,26,28). The zero-order valence-corrected chi connectivity index (χ0v) is 20.6. The van der Waals surface area contributed by atoms with Crippen LogP contribution in [0, 0.1) is 13.8 Å². The molecule has 2 aromatic carbocycles. The fourth-order valence-corrected chi connectivity index (χ4v) is 6.05. The topological polar surface area (TPSA) is 96.5 Å². The largest absolute Gasteiger partial charge is 0.465 e. The molecule has 7 nitrogen and oxygen atoms in total. The van der Waals surface area contributed by atoms with Gasteiger partial charge in [-0.1, -0.05) is 12.1 Å². The van der Waals surface area contributed by atoms with Gasteiger partial charge in [-0.05, 0) is 72.8 Å². The van der Waals surface area contributed by atoms with E-state index in [2.05, 4.69) is 9.72 Å². The van der Waals surface area contributed by atoms with Gasteiger partial charge in [0.15, 0.2) is 0 Å².